The van der Waals surface area contributed by atoms with E-state index >= 15 is 0 Å². The SMILES string of the molecule is O=S(=O)(Nc1cc(F)c(F)cc1F)c1c[nH]c(-c2ccccn2)c1. The summed E-state index contributed by atoms with van der Waals surface area (Å²) in [5.74, 6) is -4.00. The molecule has 0 fully saturated rings. The third-order valence-corrected chi connectivity index (χ3v) is 4.51. The van der Waals surface area contributed by atoms with Gasteiger partial charge in [0.15, 0.2) is 11.6 Å². The number of aromatic nitrogens is 2. The first kappa shape index (κ1) is 16.1. The summed E-state index contributed by atoms with van der Waals surface area (Å²) in [6, 6.07) is 7.11. The second-order valence-corrected chi connectivity index (χ2v) is 6.50. The highest BCUT2D eigenvalue weighted by Gasteiger charge is 2.20. The maximum Gasteiger partial charge on any atom is 0.263 e. The van der Waals surface area contributed by atoms with Crippen molar-refractivity contribution in [1.82, 2.24) is 9.97 Å². The molecule has 5 nitrogen and oxygen atoms in total. The molecule has 0 saturated carbocycles. The second kappa shape index (κ2) is 6.00. The molecule has 0 saturated heterocycles. The first-order valence-electron chi connectivity index (χ1n) is 6.64. The lowest BCUT2D eigenvalue weighted by molar-refractivity contribution is 0.496. The fraction of sp³-hybridized carbons (Fsp3) is 0. The van der Waals surface area contributed by atoms with E-state index in [1.54, 1.807) is 24.4 Å². The maximum atomic E-state index is 13.6. The number of nitrogens with zero attached hydrogens (tertiary/aromatic N) is 1. The molecule has 124 valence electrons. The van der Waals surface area contributed by atoms with Crippen molar-refractivity contribution in [2.24, 2.45) is 0 Å². The van der Waals surface area contributed by atoms with Crippen LogP contribution in [0, 0.1) is 17.5 Å². The smallest absolute Gasteiger partial charge is 0.263 e. The highest BCUT2D eigenvalue weighted by atomic mass is 32.2. The van der Waals surface area contributed by atoms with E-state index in [2.05, 4.69) is 9.97 Å². The van der Waals surface area contributed by atoms with Crippen LogP contribution in [-0.2, 0) is 10.0 Å². The Morgan fingerprint density at radius 3 is 2.46 bits per heavy atom. The van der Waals surface area contributed by atoms with E-state index in [1.165, 1.54) is 12.3 Å². The second-order valence-electron chi connectivity index (χ2n) is 4.82. The van der Waals surface area contributed by atoms with Crippen LogP contribution in [0.1, 0.15) is 0 Å². The van der Waals surface area contributed by atoms with Gasteiger partial charge < -0.3 is 4.98 Å². The van der Waals surface area contributed by atoms with Gasteiger partial charge in [-0.1, -0.05) is 6.07 Å². The van der Waals surface area contributed by atoms with Gasteiger partial charge in [-0.05, 0) is 18.2 Å². The van der Waals surface area contributed by atoms with Crippen molar-refractivity contribution < 1.29 is 21.6 Å². The molecule has 0 atom stereocenters. The Morgan fingerprint density at radius 1 is 1.00 bits per heavy atom. The Balaban J connectivity index is 1.92. The van der Waals surface area contributed by atoms with Crippen LogP contribution >= 0.6 is 0 Å². The lowest BCUT2D eigenvalue weighted by atomic mass is 10.3. The van der Waals surface area contributed by atoms with Gasteiger partial charge in [0.1, 0.15) is 10.7 Å². The van der Waals surface area contributed by atoms with Crippen molar-refractivity contribution in [3.8, 4) is 11.4 Å². The van der Waals surface area contributed by atoms with Crippen molar-refractivity contribution >= 4 is 15.7 Å². The Labute approximate surface area is 135 Å². The van der Waals surface area contributed by atoms with Gasteiger partial charge in [-0.3, -0.25) is 9.71 Å². The molecule has 0 spiro atoms. The number of pyridine rings is 1. The van der Waals surface area contributed by atoms with Crippen LogP contribution in [0.2, 0.25) is 0 Å². The number of aromatic amines is 1. The molecule has 0 bridgehead atoms. The molecule has 9 heteroatoms. The number of hydrogen-bond donors (Lipinski definition) is 2. The molecule has 3 aromatic rings. The molecule has 1 aromatic carbocycles. The highest BCUT2D eigenvalue weighted by molar-refractivity contribution is 7.92. The van der Waals surface area contributed by atoms with Gasteiger partial charge in [0.05, 0.1) is 17.1 Å². The first-order valence-corrected chi connectivity index (χ1v) is 8.12. The standard InChI is InChI=1S/C15H10F3N3O2S/c16-10-6-12(18)14(7-11(10)17)21-24(22,23)9-5-15(20-8-9)13-3-1-2-4-19-13/h1-8,20-21H. The van der Waals surface area contributed by atoms with E-state index in [9.17, 15) is 21.6 Å². The summed E-state index contributed by atoms with van der Waals surface area (Å²) in [4.78, 5) is 6.60. The van der Waals surface area contributed by atoms with Crippen molar-refractivity contribution in [3.05, 3.63) is 66.2 Å². The summed E-state index contributed by atoms with van der Waals surface area (Å²) in [5, 5.41) is 0. The number of H-pyrrole nitrogens is 1. The summed E-state index contributed by atoms with van der Waals surface area (Å²) < 4.78 is 66.1. The topological polar surface area (TPSA) is 74.8 Å². The third-order valence-electron chi connectivity index (χ3n) is 3.16. The molecule has 2 N–H and O–H groups in total. The number of rotatable bonds is 4. The summed E-state index contributed by atoms with van der Waals surface area (Å²) >= 11 is 0. The number of anilines is 1. The molecule has 0 unspecified atom stereocenters. The van der Waals surface area contributed by atoms with Gasteiger partial charge in [-0.25, -0.2) is 21.6 Å². The molecule has 2 aromatic heterocycles. The average Bonchev–Trinajstić information content (AvgIpc) is 3.04. The molecular formula is C15H10F3N3O2S. The van der Waals surface area contributed by atoms with Gasteiger partial charge in [0.2, 0.25) is 0 Å². The van der Waals surface area contributed by atoms with Crippen molar-refractivity contribution in [3.63, 3.8) is 0 Å². The number of benzene rings is 1. The minimum atomic E-state index is -4.19. The predicted octanol–water partition coefficient (Wildman–Crippen LogP) is 3.29. The zero-order valence-corrected chi connectivity index (χ0v) is 12.7. The van der Waals surface area contributed by atoms with Crippen LogP contribution in [0.5, 0.6) is 0 Å². The zero-order chi connectivity index (χ0) is 17.3. The number of nitrogens with one attached hydrogen (secondary N) is 2. The Hall–Kier alpha value is -2.81. The highest BCUT2D eigenvalue weighted by Crippen LogP contribution is 2.24. The molecule has 0 aliphatic rings. The largest absolute Gasteiger partial charge is 0.359 e. The van der Waals surface area contributed by atoms with Gasteiger partial charge in [-0.2, -0.15) is 0 Å². The fourth-order valence-corrected chi connectivity index (χ4v) is 3.05. The minimum Gasteiger partial charge on any atom is -0.359 e. The van der Waals surface area contributed by atoms with Crippen LogP contribution < -0.4 is 4.72 Å². The van der Waals surface area contributed by atoms with Crippen LogP contribution in [0.3, 0.4) is 0 Å². The quantitative estimate of drug-likeness (QED) is 0.707. The normalized spacial score (nSPS) is 11.5. The van der Waals surface area contributed by atoms with Gasteiger partial charge in [-0.15, -0.1) is 0 Å². The van der Waals surface area contributed by atoms with Crippen molar-refractivity contribution in [2.75, 3.05) is 4.72 Å². The predicted molar refractivity (Wildman–Crippen MR) is 81.1 cm³/mol. The molecule has 0 aliphatic carbocycles. The maximum absolute atomic E-state index is 13.6. The summed E-state index contributed by atoms with van der Waals surface area (Å²) in [6.45, 7) is 0. The summed E-state index contributed by atoms with van der Waals surface area (Å²) in [7, 11) is -4.19. The number of halogens is 3. The monoisotopic (exact) mass is 353 g/mol. The lowest BCUT2D eigenvalue weighted by Gasteiger charge is -2.08. The third kappa shape index (κ3) is 3.11. The lowest BCUT2D eigenvalue weighted by Crippen LogP contribution is -2.13. The molecule has 0 radical (unpaired) electrons. The summed E-state index contributed by atoms with van der Waals surface area (Å²) in [6.07, 6.45) is 2.73. The van der Waals surface area contributed by atoms with E-state index in [-0.39, 0.29) is 11.0 Å². The van der Waals surface area contributed by atoms with Gasteiger partial charge in [0, 0.05) is 24.5 Å². The van der Waals surface area contributed by atoms with Gasteiger partial charge >= 0.3 is 0 Å². The molecule has 24 heavy (non-hydrogen) atoms. The van der Waals surface area contributed by atoms with Crippen molar-refractivity contribution in [1.29, 1.82) is 0 Å². The number of hydrogen-bond acceptors (Lipinski definition) is 3. The van der Waals surface area contributed by atoms with Crippen LogP contribution in [0.15, 0.2) is 53.7 Å². The fourth-order valence-electron chi connectivity index (χ4n) is 2.00. The van der Waals surface area contributed by atoms with E-state index in [0.717, 1.165) is 0 Å². The minimum absolute atomic E-state index is 0.202. The van der Waals surface area contributed by atoms with Crippen LogP contribution in [0.25, 0.3) is 11.4 Å². The first-order chi connectivity index (χ1) is 11.4. The Morgan fingerprint density at radius 2 is 1.75 bits per heavy atom. The summed E-state index contributed by atoms with van der Waals surface area (Å²) in [5.41, 5.74) is 0.258. The molecule has 0 aliphatic heterocycles. The van der Waals surface area contributed by atoms with Crippen LogP contribution in [-0.4, -0.2) is 18.4 Å². The molecule has 3 rings (SSSR count). The van der Waals surface area contributed by atoms with E-state index < -0.39 is 33.2 Å². The van der Waals surface area contributed by atoms with E-state index in [0.29, 0.717) is 17.5 Å². The van der Waals surface area contributed by atoms with E-state index in [4.69, 9.17) is 0 Å². The average molecular weight is 353 g/mol. The Kier molecular flexibility index (Phi) is 4.02. The Bertz CT molecular complexity index is 988. The van der Waals surface area contributed by atoms with Gasteiger partial charge in [0.25, 0.3) is 10.0 Å². The zero-order valence-electron chi connectivity index (χ0n) is 11.9. The van der Waals surface area contributed by atoms with Crippen molar-refractivity contribution in [2.45, 2.75) is 4.90 Å². The molecule has 0 amide bonds. The molecule has 2 heterocycles. The van der Waals surface area contributed by atoms with Crippen LogP contribution in [0.4, 0.5) is 18.9 Å². The molecular weight excluding hydrogens is 343 g/mol. The number of sulfonamides is 1. The van der Waals surface area contributed by atoms with E-state index in [1.807, 2.05) is 4.72 Å².